The van der Waals surface area contributed by atoms with Gasteiger partial charge in [0.15, 0.2) is 5.60 Å². The zero-order chi connectivity index (χ0) is 37.4. The van der Waals surface area contributed by atoms with Crippen LogP contribution in [0.2, 0.25) is 0 Å². The molecule has 278 valence electrons. The number of nitrogens with zero attached hydrogens (tertiary/aromatic N) is 3. The fourth-order valence-corrected chi connectivity index (χ4v) is 6.77. The summed E-state index contributed by atoms with van der Waals surface area (Å²) in [7, 11) is 0. The van der Waals surface area contributed by atoms with Crippen molar-refractivity contribution in [3.05, 3.63) is 190 Å². The lowest BCUT2D eigenvalue weighted by Gasteiger charge is -2.55. The molecule has 0 N–H and O–H groups in total. The summed E-state index contributed by atoms with van der Waals surface area (Å²) in [5.41, 5.74) is 13.1. The van der Waals surface area contributed by atoms with Crippen LogP contribution in [0, 0.1) is 0 Å². The summed E-state index contributed by atoms with van der Waals surface area (Å²) < 4.78 is 40.3. The molecule has 0 spiro atoms. The first-order valence-electron chi connectivity index (χ1n) is 18.0. The summed E-state index contributed by atoms with van der Waals surface area (Å²) in [5.74, 6) is -0.596. The van der Waals surface area contributed by atoms with Crippen LogP contribution in [0.4, 0.5) is 0 Å². The van der Waals surface area contributed by atoms with E-state index in [1.807, 2.05) is 152 Å². The van der Waals surface area contributed by atoms with Crippen LogP contribution >= 0.6 is 0 Å². The molecule has 6 atom stereocenters. The van der Waals surface area contributed by atoms with Crippen molar-refractivity contribution in [1.29, 1.82) is 0 Å². The van der Waals surface area contributed by atoms with Gasteiger partial charge in [0.05, 0.1) is 45.7 Å². The van der Waals surface area contributed by atoms with E-state index < -0.39 is 42.0 Å². The number of azide groups is 1. The molecule has 5 aromatic rings. The van der Waals surface area contributed by atoms with Crippen LogP contribution in [-0.4, -0.2) is 48.6 Å². The number of benzene rings is 5. The van der Waals surface area contributed by atoms with E-state index in [-0.39, 0.29) is 39.6 Å². The minimum atomic E-state index is -1.57. The highest BCUT2D eigenvalue weighted by Gasteiger charge is 2.64. The Hall–Kier alpha value is -5.32. The zero-order valence-corrected chi connectivity index (χ0v) is 30.3. The second kappa shape index (κ2) is 19.7. The van der Waals surface area contributed by atoms with Crippen molar-refractivity contribution >= 4 is 5.97 Å². The Morgan fingerprint density at radius 1 is 0.574 bits per heavy atom. The molecule has 0 amide bonds. The second-order valence-corrected chi connectivity index (χ2v) is 13.2. The average Bonchev–Trinajstić information content (AvgIpc) is 3.21. The monoisotopic (exact) mass is 727 g/mol. The molecule has 1 aliphatic rings. The van der Waals surface area contributed by atoms with E-state index in [4.69, 9.17) is 28.4 Å². The molecule has 0 aromatic heterocycles. The van der Waals surface area contributed by atoms with Gasteiger partial charge in [0.2, 0.25) is 0 Å². The molecule has 10 nitrogen and oxygen atoms in total. The van der Waals surface area contributed by atoms with Crippen LogP contribution in [0.5, 0.6) is 0 Å². The van der Waals surface area contributed by atoms with Gasteiger partial charge in [-0.2, -0.15) is 0 Å². The Kier molecular flexibility index (Phi) is 14.0. The molecule has 10 heteroatoms. The Bertz CT molecular complexity index is 1900. The Morgan fingerprint density at radius 2 is 0.981 bits per heavy atom. The molecule has 0 bridgehead atoms. The molecular weight excluding hydrogens is 682 g/mol. The fraction of sp³-hybridized carbons (Fsp3) is 0.295. The standard InChI is InChI=1S/C44H45N3O7/c1-33(48)54-42-39(46-47-45)40(50-28-35-19-9-3-10-20-35)41(51-29-36-21-11-4-12-22-36)43(52-30-37-23-13-5-14-24-37)44(42,53-31-38-25-15-6-16-26-38)32-49-27-34-17-7-2-8-18-34/h2-26,39-43H,27-32H2,1H3/t39-,40-,41+,42+,43-,44+/m0/s1. The number of rotatable bonds is 18. The molecular formula is C44H45N3O7. The maximum atomic E-state index is 13.1. The highest BCUT2D eigenvalue weighted by molar-refractivity contribution is 5.66. The third-order valence-electron chi connectivity index (χ3n) is 9.34. The third kappa shape index (κ3) is 10.2. The second-order valence-electron chi connectivity index (χ2n) is 13.2. The number of hydrogen-bond acceptors (Lipinski definition) is 8. The van der Waals surface area contributed by atoms with Crippen molar-refractivity contribution in [3.8, 4) is 0 Å². The molecule has 5 aromatic carbocycles. The quantitative estimate of drug-likeness (QED) is 0.0384. The van der Waals surface area contributed by atoms with Gasteiger partial charge in [0.1, 0.15) is 24.4 Å². The highest BCUT2D eigenvalue weighted by Crippen LogP contribution is 2.43. The van der Waals surface area contributed by atoms with Gasteiger partial charge in [0.25, 0.3) is 0 Å². The van der Waals surface area contributed by atoms with Crippen molar-refractivity contribution < 1.29 is 33.2 Å². The number of hydrogen-bond donors (Lipinski definition) is 0. The Labute approximate surface area is 316 Å². The molecule has 0 heterocycles. The average molecular weight is 728 g/mol. The maximum absolute atomic E-state index is 13.1. The Morgan fingerprint density at radius 3 is 1.43 bits per heavy atom. The van der Waals surface area contributed by atoms with E-state index >= 15 is 0 Å². The fourth-order valence-electron chi connectivity index (χ4n) is 6.77. The third-order valence-corrected chi connectivity index (χ3v) is 9.34. The van der Waals surface area contributed by atoms with Gasteiger partial charge in [-0.05, 0) is 33.3 Å². The van der Waals surface area contributed by atoms with Gasteiger partial charge in [-0.1, -0.05) is 157 Å². The van der Waals surface area contributed by atoms with E-state index in [9.17, 15) is 10.3 Å². The van der Waals surface area contributed by atoms with Crippen molar-refractivity contribution in [3.63, 3.8) is 0 Å². The van der Waals surface area contributed by atoms with E-state index in [0.29, 0.717) is 0 Å². The first kappa shape index (κ1) is 38.4. The predicted octanol–water partition coefficient (Wildman–Crippen LogP) is 8.54. The van der Waals surface area contributed by atoms with Crippen LogP contribution < -0.4 is 0 Å². The first-order valence-corrected chi connectivity index (χ1v) is 18.0. The summed E-state index contributed by atoms with van der Waals surface area (Å²) in [6, 6.07) is 47.5. The van der Waals surface area contributed by atoms with Gasteiger partial charge in [-0.15, -0.1) is 0 Å². The minimum Gasteiger partial charge on any atom is -0.459 e. The molecule has 6 rings (SSSR count). The van der Waals surface area contributed by atoms with Crippen molar-refractivity contribution in [2.75, 3.05) is 6.61 Å². The van der Waals surface area contributed by atoms with Crippen molar-refractivity contribution in [2.45, 2.75) is 76.0 Å². The number of esters is 1. The minimum absolute atomic E-state index is 0.0996. The molecule has 1 aliphatic carbocycles. The lowest BCUT2D eigenvalue weighted by Crippen LogP contribution is -2.74. The van der Waals surface area contributed by atoms with Crippen LogP contribution in [0.3, 0.4) is 0 Å². The molecule has 0 saturated heterocycles. The van der Waals surface area contributed by atoms with Gasteiger partial charge in [0, 0.05) is 11.8 Å². The lowest BCUT2D eigenvalue weighted by atomic mass is 9.73. The SMILES string of the molecule is CC(=O)O[C@@H]1[C@@H](N=[N+]=[N-])[C@H](OCc2ccccc2)[C@@H](OCc2ccccc2)[C@H](OCc2ccccc2)[C@]1(COCc1ccccc1)OCc1ccccc1. The van der Waals surface area contributed by atoms with Crippen LogP contribution in [0.1, 0.15) is 34.7 Å². The normalized spacial score (nSPS) is 22.2. The molecule has 0 aliphatic heterocycles. The molecule has 1 saturated carbocycles. The van der Waals surface area contributed by atoms with Crippen molar-refractivity contribution in [2.24, 2.45) is 5.11 Å². The van der Waals surface area contributed by atoms with E-state index in [1.54, 1.807) is 0 Å². The summed E-state index contributed by atoms with van der Waals surface area (Å²) in [4.78, 5) is 16.4. The van der Waals surface area contributed by atoms with Crippen molar-refractivity contribution in [1.82, 2.24) is 0 Å². The van der Waals surface area contributed by atoms with Gasteiger partial charge >= 0.3 is 5.97 Å². The lowest BCUT2D eigenvalue weighted by molar-refractivity contribution is -0.305. The predicted molar refractivity (Wildman–Crippen MR) is 204 cm³/mol. The molecule has 0 unspecified atom stereocenters. The summed E-state index contributed by atoms with van der Waals surface area (Å²) in [6.07, 6.45) is -4.05. The summed E-state index contributed by atoms with van der Waals surface area (Å²) >= 11 is 0. The number of carbonyl (C=O) groups is 1. The first-order chi connectivity index (χ1) is 26.6. The Balaban J connectivity index is 1.49. The van der Waals surface area contributed by atoms with Crippen LogP contribution in [-0.2, 0) is 66.3 Å². The smallest absolute Gasteiger partial charge is 0.303 e. The highest BCUT2D eigenvalue weighted by atomic mass is 16.6. The van der Waals surface area contributed by atoms with E-state index in [1.165, 1.54) is 6.92 Å². The zero-order valence-electron chi connectivity index (χ0n) is 30.3. The van der Waals surface area contributed by atoms with Crippen LogP contribution in [0.25, 0.3) is 10.4 Å². The molecule has 1 fully saturated rings. The van der Waals surface area contributed by atoms with E-state index in [0.717, 1.165) is 27.8 Å². The number of ether oxygens (including phenoxy) is 6. The van der Waals surface area contributed by atoms with E-state index in [2.05, 4.69) is 10.0 Å². The topological polar surface area (TPSA) is 121 Å². The summed E-state index contributed by atoms with van der Waals surface area (Å²) in [5, 5.41) is 4.29. The van der Waals surface area contributed by atoms with Crippen LogP contribution in [0.15, 0.2) is 157 Å². The molecule has 54 heavy (non-hydrogen) atoms. The van der Waals surface area contributed by atoms with Gasteiger partial charge in [-0.25, -0.2) is 0 Å². The largest absolute Gasteiger partial charge is 0.459 e. The number of carbonyl (C=O) groups excluding carboxylic acids is 1. The summed E-state index contributed by atoms with van der Waals surface area (Å²) in [6.45, 7) is 2.04. The van der Waals surface area contributed by atoms with Gasteiger partial charge in [-0.3, -0.25) is 4.79 Å². The maximum Gasteiger partial charge on any atom is 0.303 e. The van der Waals surface area contributed by atoms with Gasteiger partial charge < -0.3 is 28.4 Å². The molecule has 0 radical (unpaired) electrons.